The Kier molecular flexibility index (Phi) is 50.5. The lowest BCUT2D eigenvalue weighted by molar-refractivity contribution is -0.167. The van der Waals surface area contributed by atoms with Crippen LogP contribution in [-0.2, 0) is 28.6 Å². The molecule has 0 saturated carbocycles. The van der Waals surface area contributed by atoms with Crippen LogP contribution in [0.1, 0.15) is 330 Å². The molecule has 0 aliphatic carbocycles. The van der Waals surface area contributed by atoms with E-state index in [1.54, 1.807) is 0 Å². The predicted molar refractivity (Wildman–Crippen MR) is 280 cm³/mol. The van der Waals surface area contributed by atoms with Gasteiger partial charge in [-0.3, -0.25) is 14.4 Å². The van der Waals surface area contributed by atoms with E-state index < -0.39 is 6.10 Å². The average Bonchev–Trinajstić information content (AvgIpc) is 3.28. The third-order valence-corrected chi connectivity index (χ3v) is 13.5. The highest BCUT2D eigenvalue weighted by Gasteiger charge is 2.19. The van der Waals surface area contributed by atoms with Crippen molar-refractivity contribution in [1.82, 2.24) is 0 Å². The molecule has 0 fully saturated rings. The van der Waals surface area contributed by atoms with Crippen molar-refractivity contribution >= 4 is 17.9 Å². The van der Waals surface area contributed by atoms with Gasteiger partial charge >= 0.3 is 17.9 Å². The van der Waals surface area contributed by atoms with Gasteiger partial charge < -0.3 is 14.2 Å². The number of carbonyl (C=O) groups is 3. The zero-order chi connectivity index (χ0) is 47.5. The summed E-state index contributed by atoms with van der Waals surface area (Å²) >= 11 is 0. The van der Waals surface area contributed by atoms with E-state index >= 15 is 0 Å². The topological polar surface area (TPSA) is 78.9 Å². The molecule has 6 nitrogen and oxygen atoms in total. The van der Waals surface area contributed by atoms with Crippen molar-refractivity contribution in [2.45, 2.75) is 336 Å². The fourth-order valence-electron chi connectivity index (χ4n) is 9.05. The van der Waals surface area contributed by atoms with Crippen LogP contribution < -0.4 is 0 Å². The summed E-state index contributed by atoms with van der Waals surface area (Å²) in [6.07, 6.45) is 55.3. The predicted octanol–water partition coefficient (Wildman–Crippen LogP) is 19.3. The molecule has 0 spiro atoms. The van der Waals surface area contributed by atoms with Crippen LogP contribution >= 0.6 is 0 Å². The van der Waals surface area contributed by atoms with Gasteiger partial charge in [0, 0.05) is 19.3 Å². The third-order valence-electron chi connectivity index (χ3n) is 13.5. The first kappa shape index (κ1) is 63.4. The largest absolute Gasteiger partial charge is 0.462 e. The fraction of sp³-hybridized carbons (Fsp3) is 0.949. The zero-order valence-corrected chi connectivity index (χ0v) is 44.6. The second kappa shape index (κ2) is 51.8. The molecular weight excluding hydrogens is 805 g/mol. The fourth-order valence-corrected chi connectivity index (χ4v) is 9.05. The zero-order valence-electron chi connectivity index (χ0n) is 44.6. The minimum Gasteiger partial charge on any atom is -0.462 e. The maximum absolute atomic E-state index is 12.9. The first-order chi connectivity index (χ1) is 31.7. The van der Waals surface area contributed by atoms with Crippen LogP contribution in [0, 0.1) is 11.8 Å². The Balaban J connectivity index is 4.28. The maximum atomic E-state index is 12.9. The van der Waals surface area contributed by atoms with Crippen LogP contribution in [0.2, 0.25) is 0 Å². The van der Waals surface area contributed by atoms with Crippen molar-refractivity contribution in [3.8, 4) is 0 Å². The highest BCUT2D eigenvalue weighted by molar-refractivity contribution is 5.71. The quantitative estimate of drug-likeness (QED) is 0.0344. The smallest absolute Gasteiger partial charge is 0.306 e. The average molecular weight is 920 g/mol. The molecule has 0 bridgehead atoms. The maximum Gasteiger partial charge on any atom is 0.306 e. The van der Waals surface area contributed by atoms with Gasteiger partial charge in [-0.25, -0.2) is 0 Å². The Bertz CT molecular complexity index is 993. The van der Waals surface area contributed by atoms with Crippen LogP contribution in [0.25, 0.3) is 0 Å². The number of esters is 3. The summed E-state index contributed by atoms with van der Waals surface area (Å²) in [5.74, 6) is 0.817. The Labute approximate surface area is 406 Å². The minimum absolute atomic E-state index is 0.0628. The highest BCUT2D eigenvalue weighted by Crippen LogP contribution is 2.18. The van der Waals surface area contributed by atoms with E-state index in [1.165, 1.54) is 218 Å². The van der Waals surface area contributed by atoms with Crippen molar-refractivity contribution in [3.63, 3.8) is 0 Å². The molecule has 0 heterocycles. The Hall–Kier alpha value is -1.59. The standard InChI is InChI=1S/C59H114O6/c1-6-7-8-9-10-11-12-13-14-15-18-21-24-29-34-39-44-49-57(60)63-52-56(53-64-58(61)50-45-40-35-31-26-28-33-38-43-48-55(4)5)65-59(62)51-46-41-36-30-25-22-19-16-17-20-23-27-32-37-42-47-54(2)3/h54-56H,6-53H2,1-5H3/t56-/m1/s1. The number of hydrogen-bond acceptors (Lipinski definition) is 6. The van der Waals surface area contributed by atoms with E-state index in [0.29, 0.717) is 19.3 Å². The SMILES string of the molecule is CCCCCCCCCCCCCCCCCCCC(=O)OC[C@H](COC(=O)CCCCCCCCCCCC(C)C)OC(=O)CCCCCCCCCCCCCCCCCC(C)C. The van der Waals surface area contributed by atoms with Gasteiger partial charge in [-0.2, -0.15) is 0 Å². The number of rotatable bonds is 53. The van der Waals surface area contributed by atoms with Crippen molar-refractivity contribution in [2.24, 2.45) is 11.8 Å². The van der Waals surface area contributed by atoms with Gasteiger partial charge in [-0.05, 0) is 31.1 Å². The molecule has 1 atom stereocenters. The molecule has 386 valence electrons. The summed E-state index contributed by atoms with van der Waals surface area (Å²) in [5.41, 5.74) is 0. The van der Waals surface area contributed by atoms with Crippen molar-refractivity contribution in [2.75, 3.05) is 13.2 Å². The van der Waals surface area contributed by atoms with Gasteiger partial charge in [0.15, 0.2) is 6.10 Å². The van der Waals surface area contributed by atoms with Gasteiger partial charge in [0.2, 0.25) is 0 Å². The van der Waals surface area contributed by atoms with Crippen LogP contribution in [0.3, 0.4) is 0 Å². The first-order valence-electron chi connectivity index (χ1n) is 29.2. The lowest BCUT2D eigenvalue weighted by Gasteiger charge is -2.18. The molecular formula is C59H114O6. The van der Waals surface area contributed by atoms with Gasteiger partial charge in [0.05, 0.1) is 0 Å². The summed E-state index contributed by atoms with van der Waals surface area (Å²) in [5, 5.41) is 0. The van der Waals surface area contributed by atoms with Crippen LogP contribution in [0.4, 0.5) is 0 Å². The monoisotopic (exact) mass is 919 g/mol. The molecule has 0 unspecified atom stereocenters. The Morgan fingerprint density at radius 2 is 0.508 bits per heavy atom. The van der Waals surface area contributed by atoms with E-state index in [2.05, 4.69) is 34.6 Å². The molecule has 0 N–H and O–H groups in total. The summed E-state index contributed by atoms with van der Waals surface area (Å²) in [6, 6.07) is 0. The van der Waals surface area contributed by atoms with Crippen LogP contribution in [-0.4, -0.2) is 37.2 Å². The molecule has 0 aliphatic heterocycles. The van der Waals surface area contributed by atoms with Gasteiger partial charge in [-0.15, -0.1) is 0 Å². The minimum atomic E-state index is -0.763. The molecule has 0 radical (unpaired) electrons. The van der Waals surface area contributed by atoms with Crippen molar-refractivity contribution < 1.29 is 28.6 Å². The third kappa shape index (κ3) is 53.2. The van der Waals surface area contributed by atoms with Crippen LogP contribution in [0.5, 0.6) is 0 Å². The van der Waals surface area contributed by atoms with Gasteiger partial charge in [0.1, 0.15) is 13.2 Å². The molecule has 0 aromatic heterocycles. The van der Waals surface area contributed by atoms with E-state index in [-0.39, 0.29) is 31.1 Å². The Morgan fingerprint density at radius 3 is 0.754 bits per heavy atom. The van der Waals surface area contributed by atoms with Gasteiger partial charge in [0.25, 0.3) is 0 Å². The second-order valence-electron chi connectivity index (χ2n) is 21.2. The summed E-state index contributed by atoms with van der Waals surface area (Å²) in [6.45, 7) is 11.4. The summed E-state index contributed by atoms with van der Waals surface area (Å²) in [7, 11) is 0. The highest BCUT2D eigenvalue weighted by atomic mass is 16.6. The van der Waals surface area contributed by atoms with Crippen LogP contribution in [0.15, 0.2) is 0 Å². The molecule has 0 saturated heterocycles. The summed E-state index contributed by atoms with van der Waals surface area (Å²) < 4.78 is 16.9. The number of unbranched alkanes of at least 4 members (excludes halogenated alkanes) is 38. The summed E-state index contributed by atoms with van der Waals surface area (Å²) in [4.78, 5) is 38.1. The number of carbonyl (C=O) groups excluding carboxylic acids is 3. The lowest BCUT2D eigenvalue weighted by atomic mass is 10.0. The molecule has 0 aromatic rings. The molecule has 0 amide bonds. The molecule has 0 aliphatic rings. The van der Waals surface area contributed by atoms with E-state index in [0.717, 1.165) is 69.6 Å². The van der Waals surface area contributed by atoms with Crippen molar-refractivity contribution in [3.05, 3.63) is 0 Å². The molecule has 0 rings (SSSR count). The van der Waals surface area contributed by atoms with E-state index in [9.17, 15) is 14.4 Å². The van der Waals surface area contributed by atoms with E-state index in [4.69, 9.17) is 14.2 Å². The second-order valence-corrected chi connectivity index (χ2v) is 21.2. The Morgan fingerprint density at radius 1 is 0.292 bits per heavy atom. The molecule has 6 heteroatoms. The number of ether oxygens (including phenoxy) is 3. The van der Waals surface area contributed by atoms with Crippen molar-refractivity contribution in [1.29, 1.82) is 0 Å². The van der Waals surface area contributed by atoms with Gasteiger partial charge in [-0.1, -0.05) is 291 Å². The molecule has 0 aromatic carbocycles. The normalized spacial score (nSPS) is 12.0. The lowest BCUT2D eigenvalue weighted by Crippen LogP contribution is -2.30. The number of hydrogen-bond donors (Lipinski definition) is 0. The first-order valence-corrected chi connectivity index (χ1v) is 29.2. The molecule has 65 heavy (non-hydrogen) atoms. The van der Waals surface area contributed by atoms with E-state index in [1.807, 2.05) is 0 Å².